The molecule has 0 radical (unpaired) electrons. The van der Waals surface area contributed by atoms with Gasteiger partial charge in [0.15, 0.2) is 5.65 Å². The smallest absolute Gasteiger partial charge is 0.160 e. The number of benzene rings is 1. The van der Waals surface area contributed by atoms with Crippen molar-refractivity contribution < 1.29 is 4.39 Å². The lowest BCUT2D eigenvalue weighted by Crippen LogP contribution is -2.04. The molecule has 2 heterocycles. The van der Waals surface area contributed by atoms with Crippen molar-refractivity contribution >= 4 is 34.4 Å². The molecule has 0 unspecified atom stereocenters. The number of rotatable bonds is 3. The van der Waals surface area contributed by atoms with Gasteiger partial charge in [0.1, 0.15) is 17.2 Å². The molecule has 0 atom stereocenters. The second kappa shape index (κ2) is 5.38. The van der Waals surface area contributed by atoms with Crippen LogP contribution in [-0.2, 0) is 12.4 Å². The Morgan fingerprint density at radius 2 is 1.95 bits per heavy atom. The van der Waals surface area contributed by atoms with Gasteiger partial charge in [-0.15, -0.1) is 11.6 Å². The van der Waals surface area contributed by atoms with E-state index < -0.39 is 0 Å². The molecule has 2 aromatic heterocycles. The van der Waals surface area contributed by atoms with Crippen LogP contribution in [0.25, 0.3) is 11.2 Å². The highest BCUT2D eigenvalue weighted by Crippen LogP contribution is 2.20. The summed E-state index contributed by atoms with van der Waals surface area (Å²) in [5, 5.41) is 0.532. The lowest BCUT2D eigenvalue weighted by molar-refractivity contribution is 0.626. The van der Waals surface area contributed by atoms with Crippen LogP contribution < -0.4 is 0 Å². The van der Waals surface area contributed by atoms with E-state index in [-0.39, 0.29) is 11.7 Å². The first-order valence-corrected chi connectivity index (χ1v) is 6.89. The SMILES string of the molecule is Fc1ccc(Cn2c(CCl)nc3cc(Cl)cnc32)cc1. The summed E-state index contributed by atoms with van der Waals surface area (Å²) in [7, 11) is 0. The zero-order valence-electron chi connectivity index (χ0n) is 10.4. The lowest BCUT2D eigenvalue weighted by Gasteiger charge is -2.07. The van der Waals surface area contributed by atoms with Crippen LogP contribution in [-0.4, -0.2) is 14.5 Å². The molecular formula is C14H10Cl2FN3. The number of hydrogen-bond acceptors (Lipinski definition) is 2. The van der Waals surface area contributed by atoms with Gasteiger partial charge in [-0.1, -0.05) is 23.7 Å². The van der Waals surface area contributed by atoms with Crippen LogP contribution in [0.5, 0.6) is 0 Å². The molecule has 6 heteroatoms. The monoisotopic (exact) mass is 309 g/mol. The van der Waals surface area contributed by atoms with Gasteiger partial charge in [0.05, 0.1) is 17.4 Å². The van der Waals surface area contributed by atoms with Gasteiger partial charge < -0.3 is 4.57 Å². The van der Waals surface area contributed by atoms with Crippen molar-refractivity contribution in [2.24, 2.45) is 0 Å². The molecule has 3 aromatic rings. The van der Waals surface area contributed by atoms with Gasteiger partial charge in [-0.25, -0.2) is 14.4 Å². The van der Waals surface area contributed by atoms with Crippen LogP contribution in [0.4, 0.5) is 4.39 Å². The normalized spacial score (nSPS) is 11.2. The third kappa shape index (κ3) is 2.49. The minimum absolute atomic E-state index is 0.258. The number of pyridine rings is 1. The second-order valence-corrected chi connectivity index (χ2v) is 5.07. The van der Waals surface area contributed by atoms with Crippen molar-refractivity contribution in [2.75, 3.05) is 0 Å². The Labute approximate surface area is 125 Å². The summed E-state index contributed by atoms with van der Waals surface area (Å²) in [5.74, 6) is 0.724. The van der Waals surface area contributed by atoms with Crippen LogP contribution in [0.3, 0.4) is 0 Å². The van der Waals surface area contributed by atoms with Crippen molar-refractivity contribution in [1.82, 2.24) is 14.5 Å². The molecule has 0 saturated carbocycles. The van der Waals surface area contributed by atoms with E-state index >= 15 is 0 Å². The van der Waals surface area contributed by atoms with Crippen molar-refractivity contribution in [1.29, 1.82) is 0 Å². The molecule has 0 saturated heterocycles. The number of hydrogen-bond donors (Lipinski definition) is 0. The maximum absolute atomic E-state index is 12.9. The van der Waals surface area contributed by atoms with Crippen molar-refractivity contribution in [2.45, 2.75) is 12.4 Å². The predicted octanol–water partition coefficient (Wildman–Crippen LogP) is 4.01. The van der Waals surface area contributed by atoms with E-state index in [0.29, 0.717) is 22.9 Å². The largest absolute Gasteiger partial charge is 0.307 e. The summed E-state index contributed by atoms with van der Waals surface area (Å²) in [6, 6.07) is 8.07. The highest BCUT2D eigenvalue weighted by atomic mass is 35.5. The molecule has 3 rings (SSSR count). The highest BCUT2D eigenvalue weighted by Gasteiger charge is 2.12. The standard InChI is InChI=1S/C14H10Cl2FN3/c15-6-13-19-12-5-10(16)7-18-14(12)20(13)8-9-1-3-11(17)4-2-9/h1-5,7H,6,8H2. The highest BCUT2D eigenvalue weighted by molar-refractivity contribution is 6.31. The van der Waals surface area contributed by atoms with Gasteiger partial charge in [0.2, 0.25) is 0 Å². The first-order valence-electron chi connectivity index (χ1n) is 5.98. The zero-order chi connectivity index (χ0) is 14.1. The first-order chi connectivity index (χ1) is 9.67. The van der Waals surface area contributed by atoms with Gasteiger partial charge in [0, 0.05) is 6.20 Å². The van der Waals surface area contributed by atoms with E-state index in [1.807, 2.05) is 4.57 Å². The van der Waals surface area contributed by atoms with E-state index in [4.69, 9.17) is 23.2 Å². The van der Waals surface area contributed by atoms with E-state index in [2.05, 4.69) is 9.97 Å². The number of aromatic nitrogens is 3. The van der Waals surface area contributed by atoms with Gasteiger partial charge in [-0.3, -0.25) is 0 Å². The summed E-state index contributed by atoms with van der Waals surface area (Å²) < 4.78 is 14.8. The molecule has 20 heavy (non-hydrogen) atoms. The maximum atomic E-state index is 12.9. The number of fused-ring (bicyclic) bond motifs is 1. The van der Waals surface area contributed by atoms with Crippen LogP contribution in [0.15, 0.2) is 36.5 Å². The molecule has 0 aliphatic carbocycles. The van der Waals surface area contributed by atoms with Gasteiger partial charge >= 0.3 is 0 Å². The Morgan fingerprint density at radius 1 is 1.20 bits per heavy atom. The van der Waals surface area contributed by atoms with E-state index in [1.54, 1.807) is 24.4 Å². The van der Waals surface area contributed by atoms with E-state index in [1.165, 1.54) is 12.1 Å². The molecular weight excluding hydrogens is 300 g/mol. The summed E-state index contributed by atoms with van der Waals surface area (Å²) in [6.07, 6.45) is 1.57. The molecule has 0 fully saturated rings. The predicted molar refractivity (Wildman–Crippen MR) is 77.6 cm³/mol. The number of halogens is 3. The Morgan fingerprint density at radius 3 is 2.65 bits per heavy atom. The summed E-state index contributed by atoms with van der Waals surface area (Å²) in [5.41, 5.74) is 2.37. The van der Waals surface area contributed by atoms with Crippen LogP contribution in [0, 0.1) is 5.82 Å². The average molecular weight is 310 g/mol. The number of nitrogens with zero attached hydrogens (tertiary/aromatic N) is 3. The van der Waals surface area contributed by atoms with Crippen LogP contribution in [0.2, 0.25) is 5.02 Å². The second-order valence-electron chi connectivity index (χ2n) is 4.37. The molecule has 0 spiro atoms. The van der Waals surface area contributed by atoms with Crippen LogP contribution in [0.1, 0.15) is 11.4 Å². The molecule has 0 amide bonds. The molecule has 0 aliphatic rings. The van der Waals surface area contributed by atoms with Crippen molar-refractivity contribution in [3.63, 3.8) is 0 Å². The molecule has 1 aromatic carbocycles. The Bertz CT molecular complexity index is 753. The Kier molecular flexibility index (Phi) is 3.59. The fraction of sp³-hybridized carbons (Fsp3) is 0.143. The topological polar surface area (TPSA) is 30.7 Å². The van der Waals surface area contributed by atoms with Gasteiger partial charge in [-0.05, 0) is 23.8 Å². The van der Waals surface area contributed by atoms with Crippen LogP contribution >= 0.6 is 23.2 Å². The molecule has 102 valence electrons. The lowest BCUT2D eigenvalue weighted by atomic mass is 10.2. The third-order valence-electron chi connectivity index (χ3n) is 3.00. The molecule has 3 nitrogen and oxygen atoms in total. The van der Waals surface area contributed by atoms with E-state index in [9.17, 15) is 4.39 Å². The maximum Gasteiger partial charge on any atom is 0.160 e. The molecule has 0 aliphatic heterocycles. The van der Waals surface area contributed by atoms with E-state index in [0.717, 1.165) is 11.2 Å². The molecule has 0 N–H and O–H groups in total. The zero-order valence-corrected chi connectivity index (χ0v) is 11.9. The molecule has 0 bridgehead atoms. The summed E-state index contributed by atoms with van der Waals surface area (Å²) >= 11 is 11.8. The summed E-state index contributed by atoms with van der Waals surface area (Å²) in [6.45, 7) is 0.535. The van der Waals surface area contributed by atoms with Gasteiger partial charge in [-0.2, -0.15) is 0 Å². The number of alkyl halides is 1. The minimum atomic E-state index is -0.258. The fourth-order valence-electron chi connectivity index (χ4n) is 2.07. The summed E-state index contributed by atoms with van der Waals surface area (Å²) in [4.78, 5) is 8.71. The van der Waals surface area contributed by atoms with Gasteiger partial charge in [0.25, 0.3) is 0 Å². The average Bonchev–Trinajstić information content (AvgIpc) is 2.78. The quantitative estimate of drug-likeness (QED) is 0.684. The Balaban J connectivity index is 2.07. The minimum Gasteiger partial charge on any atom is -0.307 e. The fourth-order valence-corrected chi connectivity index (χ4v) is 2.43. The first kappa shape index (κ1) is 13.3. The van der Waals surface area contributed by atoms with Crippen molar-refractivity contribution in [3.05, 3.63) is 58.8 Å². The van der Waals surface area contributed by atoms with Crippen molar-refractivity contribution in [3.8, 4) is 0 Å². The number of imidazole rings is 1. The third-order valence-corrected chi connectivity index (χ3v) is 3.45. The Hall–Kier alpha value is -1.65.